The van der Waals surface area contributed by atoms with Gasteiger partial charge in [-0.1, -0.05) is 30.3 Å². The molecule has 0 aliphatic rings. The number of nitrogens with zero attached hydrogens (tertiary/aromatic N) is 3. The smallest absolute Gasteiger partial charge is 0.420 e. The summed E-state index contributed by atoms with van der Waals surface area (Å²) in [5.74, 6) is -0.182. The molecule has 1 amide bonds. The number of benzene rings is 2. The number of ether oxygens (including phenoxy) is 1. The topological polar surface area (TPSA) is 106 Å². The van der Waals surface area contributed by atoms with E-state index in [-0.39, 0.29) is 29.5 Å². The molecule has 136 valence electrons. The number of rotatable bonds is 5. The summed E-state index contributed by atoms with van der Waals surface area (Å²) in [7, 11) is 0. The summed E-state index contributed by atoms with van der Waals surface area (Å²) in [4.78, 5) is 28.5. The molecule has 1 heterocycles. The minimum atomic E-state index is -0.827. The molecule has 3 rings (SSSR count). The van der Waals surface area contributed by atoms with Gasteiger partial charge in [-0.2, -0.15) is 0 Å². The molecule has 0 saturated heterocycles. The standard InChI is InChI=1S/C19H15N3O5/c23-16-10-8-15(9-11-16)21(18-17(22(25)26)7-4-12-20-18)19(24)27-13-14-5-2-1-3-6-14/h1-12,23H,13H2. The Kier molecular flexibility index (Phi) is 5.27. The number of phenolic OH excluding ortho intramolecular Hbond substituents is 1. The van der Waals surface area contributed by atoms with E-state index in [2.05, 4.69) is 4.98 Å². The number of carbonyl (C=O) groups excluding carboxylic acids is 1. The first-order chi connectivity index (χ1) is 13.1. The molecular formula is C19H15N3O5. The van der Waals surface area contributed by atoms with Crippen LogP contribution in [0, 0.1) is 10.1 Å². The molecule has 0 aliphatic carbocycles. The summed E-state index contributed by atoms with van der Waals surface area (Å²) in [6.07, 6.45) is 0.520. The van der Waals surface area contributed by atoms with Crippen LogP contribution in [0.3, 0.4) is 0 Å². The molecule has 0 saturated carbocycles. The average Bonchev–Trinajstić information content (AvgIpc) is 2.69. The predicted octanol–water partition coefficient (Wildman–Crippen LogP) is 4.17. The third kappa shape index (κ3) is 4.18. The maximum atomic E-state index is 12.8. The zero-order valence-corrected chi connectivity index (χ0v) is 14.1. The highest BCUT2D eigenvalue weighted by atomic mass is 16.6. The first kappa shape index (κ1) is 17.9. The van der Waals surface area contributed by atoms with Crippen LogP contribution in [0.5, 0.6) is 5.75 Å². The van der Waals surface area contributed by atoms with Gasteiger partial charge in [-0.05, 0) is 35.9 Å². The largest absolute Gasteiger partial charge is 0.508 e. The molecule has 3 aromatic rings. The Labute approximate surface area is 154 Å². The van der Waals surface area contributed by atoms with Gasteiger partial charge in [0.2, 0.25) is 5.82 Å². The van der Waals surface area contributed by atoms with Crippen LogP contribution in [-0.4, -0.2) is 21.1 Å². The van der Waals surface area contributed by atoms with Crippen molar-refractivity contribution in [3.8, 4) is 5.75 Å². The first-order valence-corrected chi connectivity index (χ1v) is 7.95. The van der Waals surface area contributed by atoms with Crippen molar-refractivity contribution in [2.45, 2.75) is 6.61 Å². The second-order valence-corrected chi connectivity index (χ2v) is 5.50. The highest BCUT2D eigenvalue weighted by molar-refractivity contribution is 5.97. The van der Waals surface area contributed by atoms with Crippen LogP contribution in [0.25, 0.3) is 0 Å². The van der Waals surface area contributed by atoms with E-state index in [9.17, 15) is 20.0 Å². The number of pyridine rings is 1. The summed E-state index contributed by atoms with van der Waals surface area (Å²) >= 11 is 0. The monoisotopic (exact) mass is 365 g/mol. The van der Waals surface area contributed by atoms with Crippen LogP contribution in [0.4, 0.5) is 22.0 Å². The molecule has 0 atom stereocenters. The Bertz CT molecular complexity index is 945. The fraction of sp³-hybridized carbons (Fsp3) is 0.0526. The van der Waals surface area contributed by atoms with Gasteiger partial charge in [0.25, 0.3) is 0 Å². The summed E-state index contributed by atoms with van der Waals surface area (Å²) < 4.78 is 5.33. The van der Waals surface area contributed by atoms with Crippen molar-refractivity contribution in [1.82, 2.24) is 4.98 Å². The molecule has 0 unspecified atom stereocenters. The van der Waals surface area contributed by atoms with Crippen molar-refractivity contribution < 1.29 is 19.6 Å². The normalized spacial score (nSPS) is 10.2. The van der Waals surface area contributed by atoms with E-state index in [1.807, 2.05) is 18.2 Å². The molecule has 1 N–H and O–H groups in total. The van der Waals surface area contributed by atoms with Gasteiger partial charge in [0.1, 0.15) is 12.4 Å². The number of hydrogen-bond donors (Lipinski definition) is 1. The number of anilines is 2. The maximum Gasteiger partial charge on any atom is 0.420 e. The summed E-state index contributed by atoms with van der Waals surface area (Å²) in [6, 6.07) is 17.3. The number of aromatic hydroxyl groups is 1. The van der Waals surface area contributed by atoms with Gasteiger partial charge in [-0.25, -0.2) is 14.7 Å². The fourth-order valence-electron chi connectivity index (χ4n) is 2.40. The number of aromatic nitrogens is 1. The Balaban J connectivity index is 1.96. The van der Waals surface area contributed by atoms with Gasteiger partial charge in [-0.15, -0.1) is 0 Å². The summed E-state index contributed by atoms with van der Waals surface area (Å²) in [5.41, 5.74) is 0.696. The van der Waals surface area contributed by atoms with Gasteiger partial charge in [0.15, 0.2) is 0 Å². The number of phenols is 1. The molecule has 0 fully saturated rings. The number of hydrogen-bond acceptors (Lipinski definition) is 6. The average molecular weight is 365 g/mol. The van der Waals surface area contributed by atoms with Gasteiger partial charge in [0.05, 0.1) is 10.6 Å². The molecule has 0 bridgehead atoms. The van der Waals surface area contributed by atoms with Crippen molar-refractivity contribution in [2.24, 2.45) is 0 Å². The van der Waals surface area contributed by atoms with Crippen LogP contribution in [0.15, 0.2) is 72.9 Å². The Morgan fingerprint density at radius 2 is 1.78 bits per heavy atom. The molecule has 0 radical (unpaired) electrons. The SMILES string of the molecule is O=C(OCc1ccccc1)N(c1ccc(O)cc1)c1ncccc1[N+](=O)[O-]. The summed E-state index contributed by atoms with van der Waals surface area (Å²) in [6.45, 7) is -0.00507. The molecule has 8 nitrogen and oxygen atoms in total. The Hall–Kier alpha value is -3.94. The lowest BCUT2D eigenvalue weighted by Crippen LogP contribution is -2.28. The zero-order chi connectivity index (χ0) is 19.2. The van der Waals surface area contributed by atoms with E-state index in [1.54, 1.807) is 12.1 Å². The van der Waals surface area contributed by atoms with Crippen LogP contribution in [0.1, 0.15) is 5.56 Å². The highest BCUT2D eigenvalue weighted by Crippen LogP contribution is 2.33. The van der Waals surface area contributed by atoms with E-state index in [4.69, 9.17) is 4.74 Å². The molecule has 0 aliphatic heterocycles. The van der Waals surface area contributed by atoms with Gasteiger partial charge in [-0.3, -0.25) is 10.1 Å². The molecule has 0 spiro atoms. The first-order valence-electron chi connectivity index (χ1n) is 7.95. The van der Waals surface area contributed by atoms with Crippen molar-refractivity contribution in [3.05, 3.63) is 88.6 Å². The maximum absolute atomic E-state index is 12.8. The minimum Gasteiger partial charge on any atom is -0.508 e. The highest BCUT2D eigenvalue weighted by Gasteiger charge is 2.28. The third-order valence-electron chi connectivity index (χ3n) is 3.67. The Morgan fingerprint density at radius 3 is 2.44 bits per heavy atom. The van der Waals surface area contributed by atoms with Crippen LogP contribution in [0.2, 0.25) is 0 Å². The molecular weight excluding hydrogens is 350 g/mol. The quantitative estimate of drug-likeness (QED) is 0.537. The van der Waals surface area contributed by atoms with Gasteiger partial charge >= 0.3 is 11.8 Å². The fourth-order valence-corrected chi connectivity index (χ4v) is 2.40. The van der Waals surface area contributed by atoms with E-state index in [1.165, 1.54) is 42.6 Å². The minimum absolute atomic E-state index is 0.00507. The lowest BCUT2D eigenvalue weighted by Gasteiger charge is -2.21. The summed E-state index contributed by atoms with van der Waals surface area (Å²) in [5, 5.41) is 20.8. The second kappa shape index (κ2) is 7.96. The number of nitro groups is 1. The van der Waals surface area contributed by atoms with E-state index in [0.717, 1.165) is 10.5 Å². The predicted molar refractivity (Wildman–Crippen MR) is 97.8 cm³/mol. The lowest BCUT2D eigenvalue weighted by atomic mass is 10.2. The molecule has 8 heteroatoms. The molecule has 1 aromatic heterocycles. The lowest BCUT2D eigenvalue weighted by molar-refractivity contribution is -0.384. The molecule has 2 aromatic carbocycles. The van der Waals surface area contributed by atoms with Crippen LogP contribution in [-0.2, 0) is 11.3 Å². The van der Waals surface area contributed by atoms with Gasteiger partial charge in [0, 0.05) is 12.3 Å². The van der Waals surface area contributed by atoms with Crippen molar-refractivity contribution in [2.75, 3.05) is 4.90 Å². The second-order valence-electron chi connectivity index (χ2n) is 5.50. The van der Waals surface area contributed by atoms with Crippen LogP contribution >= 0.6 is 0 Å². The van der Waals surface area contributed by atoms with Crippen LogP contribution < -0.4 is 4.90 Å². The number of carbonyl (C=O) groups is 1. The van der Waals surface area contributed by atoms with E-state index in [0.29, 0.717) is 0 Å². The van der Waals surface area contributed by atoms with Crippen molar-refractivity contribution in [1.29, 1.82) is 0 Å². The van der Waals surface area contributed by atoms with E-state index >= 15 is 0 Å². The van der Waals surface area contributed by atoms with Crippen molar-refractivity contribution in [3.63, 3.8) is 0 Å². The molecule has 27 heavy (non-hydrogen) atoms. The zero-order valence-electron chi connectivity index (χ0n) is 14.1. The van der Waals surface area contributed by atoms with Gasteiger partial charge < -0.3 is 9.84 Å². The third-order valence-corrected chi connectivity index (χ3v) is 3.67. The Morgan fingerprint density at radius 1 is 1.07 bits per heavy atom. The van der Waals surface area contributed by atoms with E-state index < -0.39 is 11.0 Å². The van der Waals surface area contributed by atoms with Crippen molar-refractivity contribution >= 4 is 23.3 Å². The number of amides is 1.